The predicted octanol–water partition coefficient (Wildman–Crippen LogP) is 2.71. The lowest BCUT2D eigenvalue weighted by atomic mass is 10.1. The number of carbonyl (C=O) groups is 1. The summed E-state index contributed by atoms with van der Waals surface area (Å²) in [5.74, 6) is 0.644. The first-order valence-electron chi connectivity index (χ1n) is 5.65. The van der Waals surface area contributed by atoms with Gasteiger partial charge in [0, 0.05) is 18.4 Å². The fraction of sp³-hybridized carbons (Fsp3) is 0.308. The summed E-state index contributed by atoms with van der Waals surface area (Å²) in [4.78, 5) is 15.0. The van der Waals surface area contributed by atoms with E-state index in [0.29, 0.717) is 35.7 Å². The summed E-state index contributed by atoms with van der Waals surface area (Å²) < 4.78 is 18.2. The number of ketones is 1. The van der Waals surface area contributed by atoms with Gasteiger partial charge in [0.15, 0.2) is 0 Å². The predicted molar refractivity (Wildman–Crippen MR) is 63.4 cm³/mol. The Morgan fingerprint density at radius 1 is 1.44 bits per heavy atom. The zero-order chi connectivity index (χ0) is 13.1. The third-order valence-electron chi connectivity index (χ3n) is 2.58. The van der Waals surface area contributed by atoms with E-state index in [0.717, 1.165) is 0 Å². The smallest absolute Gasteiger partial charge is 0.227 e. The number of rotatable bonds is 4. The molecule has 4 nitrogen and oxygen atoms in total. The number of aromatic nitrogens is 2. The van der Waals surface area contributed by atoms with Crippen molar-refractivity contribution in [2.75, 3.05) is 0 Å². The Balaban J connectivity index is 2.18. The Hall–Kier alpha value is -2.04. The number of hydrogen-bond acceptors (Lipinski definition) is 4. The summed E-state index contributed by atoms with van der Waals surface area (Å²) in [7, 11) is 0. The lowest BCUT2D eigenvalue weighted by Gasteiger charge is -1.97. The summed E-state index contributed by atoms with van der Waals surface area (Å²) in [5.41, 5.74) is 1.23. The van der Waals surface area contributed by atoms with Crippen molar-refractivity contribution in [1.82, 2.24) is 10.1 Å². The van der Waals surface area contributed by atoms with Gasteiger partial charge in [-0.05, 0) is 37.6 Å². The molecule has 0 unspecified atom stereocenters. The van der Waals surface area contributed by atoms with Crippen LogP contribution in [0.5, 0.6) is 0 Å². The molecule has 0 fully saturated rings. The first-order chi connectivity index (χ1) is 8.56. The average molecular weight is 248 g/mol. The van der Waals surface area contributed by atoms with Crippen LogP contribution in [0.1, 0.15) is 24.8 Å². The molecule has 0 N–H and O–H groups in total. The molecule has 5 heteroatoms. The number of nitrogens with zero attached hydrogens (tertiary/aromatic N) is 2. The van der Waals surface area contributed by atoms with Gasteiger partial charge in [-0.2, -0.15) is 4.98 Å². The SMILES string of the molecule is CC(=O)CCc1nc(-c2ccc(F)c(C)c2)no1. The van der Waals surface area contributed by atoms with E-state index in [-0.39, 0.29) is 11.6 Å². The Labute approximate surface area is 104 Å². The fourth-order valence-corrected chi connectivity index (χ4v) is 1.54. The van der Waals surface area contributed by atoms with E-state index in [1.54, 1.807) is 19.1 Å². The van der Waals surface area contributed by atoms with Crippen LogP contribution in [0.25, 0.3) is 11.4 Å². The van der Waals surface area contributed by atoms with Gasteiger partial charge < -0.3 is 9.32 Å². The monoisotopic (exact) mass is 248 g/mol. The molecule has 2 rings (SSSR count). The van der Waals surface area contributed by atoms with Gasteiger partial charge in [0.2, 0.25) is 11.7 Å². The highest BCUT2D eigenvalue weighted by atomic mass is 19.1. The highest BCUT2D eigenvalue weighted by molar-refractivity contribution is 5.75. The molecule has 0 amide bonds. The number of benzene rings is 1. The average Bonchev–Trinajstić information content (AvgIpc) is 2.79. The molecule has 1 aromatic heterocycles. The van der Waals surface area contributed by atoms with Gasteiger partial charge in [-0.1, -0.05) is 5.16 Å². The third kappa shape index (κ3) is 2.80. The standard InChI is InChI=1S/C13H13FN2O2/c1-8-7-10(4-5-11(8)14)13-15-12(18-16-13)6-3-9(2)17/h4-5,7H,3,6H2,1-2H3. The molecule has 0 aliphatic rings. The number of halogens is 1. The van der Waals surface area contributed by atoms with Crippen molar-refractivity contribution in [2.24, 2.45) is 0 Å². The molecule has 0 bridgehead atoms. The van der Waals surface area contributed by atoms with Crippen LogP contribution >= 0.6 is 0 Å². The molecule has 0 saturated carbocycles. The molecule has 0 atom stereocenters. The van der Waals surface area contributed by atoms with Crippen LogP contribution in [0.3, 0.4) is 0 Å². The van der Waals surface area contributed by atoms with Crippen LogP contribution in [0.2, 0.25) is 0 Å². The highest BCUT2D eigenvalue weighted by Gasteiger charge is 2.10. The van der Waals surface area contributed by atoms with E-state index >= 15 is 0 Å². The highest BCUT2D eigenvalue weighted by Crippen LogP contribution is 2.19. The molecule has 2 aromatic rings. The lowest BCUT2D eigenvalue weighted by molar-refractivity contribution is -0.117. The summed E-state index contributed by atoms with van der Waals surface area (Å²) in [5, 5.41) is 3.82. The van der Waals surface area contributed by atoms with E-state index in [2.05, 4.69) is 10.1 Å². The third-order valence-corrected chi connectivity index (χ3v) is 2.58. The van der Waals surface area contributed by atoms with Crippen molar-refractivity contribution in [3.8, 4) is 11.4 Å². The minimum atomic E-state index is -0.265. The number of aryl methyl sites for hydroxylation is 2. The molecule has 18 heavy (non-hydrogen) atoms. The van der Waals surface area contributed by atoms with Crippen molar-refractivity contribution in [1.29, 1.82) is 0 Å². The van der Waals surface area contributed by atoms with E-state index in [1.807, 2.05) is 0 Å². The molecule has 0 aliphatic heterocycles. The van der Waals surface area contributed by atoms with E-state index < -0.39 is 0 Å². The zero-order valence-electron chi connectivity index (χ0n) is 10.2. The van der Waals surface area contributed by atoms with Gasteiger partial charge in [-0.15, -0.1) is 0 Å². The van der Waals surface area contributed by atoms with Gasteiger partial charge in [0.05, 0.1) is 0 Å². The number of hydrogen-bond donors (Lipinski definition) is 0. The van der Waals surface area contributed by atoms with Crippen molar-refractivity contribution < 1.29 is 13.7 Å². The molecule has 0 radical (unpaired) electrons. The van der Waals surface area contributed by atoms with Crippen LogP contribution in [0.4, 0.5) is 4.39 Å². The van der Waals surface area contributed by atoms with E-state index in [9.17, 15) is 9.18 Å². The minimum absolute atomic E-state index is 0.0763. The van der Waals surface area contributed by atoms with Crippen molar-refractivity contribution >= 4 is 5.78 Å². The van der Waals surface area contributed by atoms with Gasteiger partial charge in [-0.3, -0.25) is 0 Å². The number of carbonyl (C=O) groups excluding carboxylic acids is 1. The topological polar surface area (TPSA) is 56.0 Å². The molecule has 0 aliphatic carbocycles. The summed E-state index contributed by atoms with van der Waals surface area (Å²) in [6.07, 6.45) is 0.812. The van der Waals surface area contributed by atoms with Gasteiger partial charge in [-0.25, -0.2) is 4.39 Å². The van der Waals surface area contributed by atoms with Crippen LogP contribution in [0, 0.1) is 12.7 Å². The van der Waals surface area contributed by atoms with Gasteiger partial charge >= 0.3 is 0 Å². The largest absolute Gasteiger partial charge is 0.339 e. The van der Waals surface area contributed by atoms with Crippen LogP contribution < -0.4 is 0 Å². The van der Waals surface area contributed by atoms with E-state index in [1.165, 1.54) is 13.0 Å². The Bertz CT molecular complexity index is 578. The molecule has 0 saturated heterocycles. The van der Waals surface area contributed by atoms with Crippen molar-refractivity contribution in [2.45, 2.75) is 26.7 Å². The quantitative estimate of drug-likeness (QED) is 0.834. The molecular formula is C13H13FN2O2. The normalized spacial score (nSPS) is 10.6. The van der Waals surface area contributed by atoms with Crippen molar-refractivity contribution in [3.63, 3.8) is 0 Å². The first kappa shape index (κ1) is 12.4. The maximum Gasteiger partial charge on any atom is 0.227 e. The van der Waals surface area contributed by atoms with Crippen LogP contribution in [-0.2, 0) is 11.2 Å². The van der Waals surface area contributed by atoms with E-state index in [4.69, 9.17) is 4.52 Å². The maximum atomic E-state index is 13.1. The fourth-order valence-electron chi connectivity index (χ4n) is 1.54. The molecule has 94 valence electrons. The molecule has 0 spiro atoms. The second-order valence-electron chi connectivity index (χ2n) is 4.18. The molecule has 1 heterocycles. The zero-order valence-corrected chi connectivity index (χ0v) is 10.2. The van der Waals surface area contributed by atoms with Gasteiger partial charge in [0.1, 0.15) is 11.6 Å². The molecular weight excluding hydrogens is 235 g/mol. The summed E-state index contributed by atoms with van der Waals surface area (Å²) >= 11 is 0. The van der Waals surface area contributed by atoms with Crippen LogP contribution in [0.15, 0.2) is 22.7 Å². The molecule has 1 aromatic carbocycles. The second kappa shape index (κ2) is 5.08. The Morgan fingerprint density at radius 2 is 2.22 bits per heavy atom. The maximum absolute atomic E-state index is 13.1. The van der Waals surface area contributed by atoms with Crippen LogP contribution in [-0.4, -0.2) is 15.9 Å². The Kier molecular flexibility index (Phi) is 3.50. The Morgan fingerprint density at radius 3 is 2.89 bits per heavy atom. The number of Topliss-reactive ketones (excluding diaryl/α,β-unsaturated/α-hetero) is 1. The first-order valence-corrected chi connectivity index (χ1v) is 5.65. The minimum Gasteiger partial charge on any atom is -0.339 e. The second-order valence-corrected chi connectivity index (χ2v) is 4.18. The van der Waals surface area contributed by atoms with Crippen molar-refractivity contribution in [3.05, 3.63) is 35.5 Å². The van der Waals surface area contributed by atoms with Gasteiger partial charge in [0.25, 0.3) is 0 Å². The summed E-state index contributed by atoms with van der Waals surface area (Å²) in [6.45, 7) is 3.19. The lowest BCUT2D eigenvalue weighted by Crippen LogP contribution is -1.94. The summed E-state index contributed by atoms with van der Waals surface area (Å²) in [6, 6.07) is 4.63.